The fourth-order valence-corrected chi connectivity index (χ4v) is 5.56. The minimum Gasteiger partial charge on any atom is -0.393 e. The summed E-state index contributed by atoms with van der Waals surface area (Å²) < 4.78 is 0. The second-order valence-electron chi connectivity index (χ2n) is 7.92. The van der Waals surface area contributed by atoms with Gasteiger partial charge in [0, 0.05) is 5.41 Å². The van der Waals surface area contributed by atoms with E-state index in [2.05, 4.69) is 20.8 Å². The number of rotatable bonds is 0. The summed E-state index contributed by atoms with van der Waals surface area (Å²) in [5.41, 5.74) is 0.467. The molecule has 0 saturated heterocycles. The van der Waals surface area contributed by atoms with Crippen LogP contribution in [0, 0.1) is 22.2 Å². The standard InChI is InChI=1S/C15H26O2/c1-13(2)8-12(17)15-7-5-11(16)14(3,9-15)6-4-10(13)15/h10-12,16-17H,4-9H2,1-3H3/t10-,11+,12+,14+,15-/m1/s1. The lowest BCUT2D eigenvalue weighted by Crippen LogP contribution is -2.54. The first-order chi connectivity index (χ1) is 7.80. The van der Waals surface area contributed by atoms with Gasteiger partial charge in [0.25, 0.3) is 0 Å². The average Bonchev–Trinajstić information content (AvgIpc) is 2.41. The maximum atomic E-state index is 10.6. The van der Waals surface area contributed by atoms with Gasteiger partial charge < -0.3 is 10.2 Å². The van der Waals surface area contributed by atoms with Crippen LogP contribution in [0.2, 0.25) is 0 Å². The molecule has 3 aliphatic rings. The minimum atomic E-state index is -0.148. The summed E-state index contributed by atoms with van der Waals surface area (Å²) in [6.07, 6.45) is 5.94. The number of hydrogen-bond donors (Lipinski definition) is 2. The van der Waals surface area contributed by atoms with E-state index in [1.807, 2.05) is 0 Å². The Kier molecular flexibility index (Phi) is 2.30. The summed E-state index contributed by atoms with van der Waals surface area (Å²) >= 11 is 0. The van der Waals surface area contributed by atoms with Gasteiger partial charge in [-0.2, -0.15) is 0 Å². The Morgan fingerprint density at radius 1 is 0.941 bits per heavy atom. The summed E-state index contributed by atoms with van der Waals surface area (Å²) in [7, 11) is 0. The van der Waals surface area contributed by atoms with Crippen LogP contribution in [-0.4, -0.2) is 22.4 Å². The fraction of sp³-hybridized carbons (Fsp3) is 1.00. The van der Waals surface area contributed by atoms with Crippen molar-refractivity contribution in [3.8, 4) is 0 Å². The zero-order valence-corrected chi connectivity index (χ0v) is 11.4. The van der Waals surface area contributed by atoms with Crippen LogP contribution in [0.3, 0.4) is 0 Å². The first-order valence-electron chi connectivity index (χ1n) is 7.16. The van der Waals surface area contributed by atoms with Crippen molar-refractivity contribution in [2.24, 2.45) is 22.2 Å². The van der Waals surface area contributed by atoms with Crippen LogP contribution < -0.4 is 0 Å². The predicted octanol–water partition coefficient (Wildman–Crippen LogP) is 2.72. The number of hydrogen-bond acceptors (Lipinski definition) is 2. The minimum absolute atomic E-state index is 0.0656. The van der Waals surface area contributed by atoms with Crippen molar-refractivity contribution in [2.45, 2.75) is 71.5 Å². The van der Waals surface area contributed by atoms with E-state index in [0.29, 0.717) is 5.92 Å². The van der Waals surface area contributed by atoms with Crippen molar-refractivity contribution in [1.82, 2.24) is 0 Å². The number of fused-ring (bicyclic) bond motifs is 1. The summed E-state index contributed by atoms with van der Waals surface area (Å²) in [6.45, 7) is 6.87. The first-order valence-corrected chi connectivity index (χ1v) is 7.16. The van der Waals surface area contributed by atoms with Gasteiger partial charge in [0.2, 0.25) is 0 Å². The Hall–Kier alpha value is -0.0800. The lowest BCUT2D eigenvalue weighted by atomic mass is 9.49. The van der Waals surface area contributed by atoms with E-state index < -0.39 is 0 Å². The number of aliphatic hydroxyl groups is 2. The maximum absolute atomic E-state index is 10.6. The van der Waals surface area contributed by atoms with Crippen molar-refractivity contribution in [3.05, 3.63) is 0 Å². The molecule has 98 valence electrons. The molecule has 3 saturated carbocycles. The third-order valence-corrected chi connectivity index (χ3v) is 6.45. The molecule has 2 bridgehead atoms. The average molecular weight is 238 g/mol. The second kappa shape index (κ2) is 3.27. The summed E-state index contributed by atoms with van der Waals surface area (Å²) in [6, 6.07) is 0. The van der Waals surface area contributed by atoms with Crippen molar-refractivity contribution < 1.29 is 10.2 Å². The zero-order valence-electron chi connectivity index (χ0n) is 11.4. The Labute approximate surface area is 104 Å². The van der Waals surface area contributed by atoms with Crippen molar-refractivity contribution in [1.29, 1.82) is 0 Å². The Bertz CT molecular complexity index is 338. The smallest absolute Gasteiger partial charge is 0.0604 e. The molecule has 0 aliphatic heterocycles. The van der Waals surface area contributed by atoms with Gasteiger partial charge in [-0.05, 0) is 55.3 Å². The molecule has 2 N–H and O–H groups in total. The van der Waals surface area contributed by atoms with Crippen LogP contribution in [0.25, 0.3) is 0 Å². The Morgan fingerprint density at radius 3 is 2.35 bits per heavy atom. The predicted molar refractivity (Wildman–Crippen MR) is 67.5 cm³/mol. The van der Waals surface area contributed by atoms with Crippen molar-refractivity contribution in [2.75, 3.05) is 0 Å². The van der Waals surface area contributed by atoms with E-state index >= 15 is 0 Å². The fourth-order valence-electron chi connectivity index (χ4n) is 5.56. The lowest BCUT2D eigenvalue weighted by molar-refractivity contribution is -0.144. The van der Waals surface area contributed by atoms with Gasteiger partial charge in [0.15, 0.2) is 0 Å². The third-order valence-electron chi connectivity index (χ3n) is 6.45. The molecule has 3 fully saturated rings. The van der Waals surface area contributed by atoms with E-state index in [9.17, 15) is 10.2 Å². The van der Waals surface area contributed by atoms with E-state index in [4.69, 9.17) is 0 Å². The monoisotopic (exact) mass is 238 g/mol. The third kappa shape index (κ3) is 1.40. The van der Waals surface area contributed by atoms with Gasteiger partial charge in [-0.3, -0.25) is 0 Å². The molecule has 0 aromatic heterocycles. The summed E-state index contributed by atoms with van der Waals surface area (Å²) in [4.78, 5) is 0. The second-order valence-corrected chi connectivity index (χ2v) is 7.92. The van der Waals surface area contributed by atoms with Gasteiger partial charge in [0.05, 0.1) is 12.2 Å². The molecule has 0 heterocycles. The lowest BCUT2D eigenvalue weighted by Gasteiger charge is -2.57. The molecule has 3 rings (SSSR count). The Morgan fingerprint density at radius 2 is 1.65 bits per heavy atom. The van der Waals surface area contributed by atoms with Crippen LogP contribution >= 0.6 is 0 Å². The highest BCUT2D eigenvalue weighted by molar-refractivity contribution is 5.14. The topological polar surface area (TPSA) is 40.5 Å². The van der Waals surface area contributed by atoms with Crippen LogP contribution in [0.1, 0.15) is 59.3 Å². The molecule has 5 atom stereocenters. The molecule has 0 aromatic carbocycles. The van der Waals surface area contributed by atoms with Crippen LogP contribution in [0.15, 0.2) is 0 Å². The highest BCUT2D eigenvalue weighted by atomic mass is 16.3. The molecule has 2 heteroatoms. The molecule has 0 radical (unpaired) electrons. The molecule has 17 heavy (non-hydrogen) atoms. The molecule has 3 aliphatic carbocycles. The van der Waals surface area contributed by atoms with E-state index in [0.717, 1.165) is 32.1 Å². The number of aliphatic hydroxyl groups excluding tert-OH is 2. The molecule has 0 amide bonds. The SMILES string of the molecule is CC1(C)C[C@H](O)[C@@]23CC[C@H](O)[C@@](C)(CC[C@H]12)C3. The largest absolute Gasteiger partial charge is 0.393 e. The molecule has 2 nitrogen and oxygen atoms in total. The molecular formula is C15H26O2. The van der Waals surface area contributed by atoms with Crippen LogP contribution in [-0.2, 0) is 0 Å². The highest BCUT2D eigenvalue weighted by Crippen LogP contribution is 2.68. The molecule has 0 unspecified atom stereocenters. The summed E-state index contributed by atoms with van der Waals surface area (Å²) in [5, 5.41) is 20.8. The van der Waals surface area contributed by atoms with Gasteiger partial charge in [0.1, 0.15) is 0 Å². The highest BCUT2D eigenvalue weighted by Gasteiger charge is 2.64. The van der Waals surface area contributed by atoms with E-state index in [1.165, 1.54) is 6.42 Å². The molecule has 0 aromatic rings. The van der Waals surface area contributed by atoms with E-state index in [1.54, 1.807) is 0 Å². The van der Waals surface area contributed by atoms with Gasteiger partial charge >= 0.3 is 0 Å². The van der Waals surface area contributed by atoms with Gasteiger partial charge in [-0.25, -0.2) is 0 Å². The quantitative estimate of drug-likeness (QED) is 0.681. The molecule has 1 spiro atoms. The zero-order chi connectivity index (χ0) is 12.5. The Balaban J connectivity index is 2.00. The van der Waals surface area contributed by atoms with E-state index in [-0.39, 0.29) is 28.5 Å². The van der Waals surface area contributed by atoms with Crippen LogP contribution in [0.5, 0.6) is 0 Å². The van der Waals surface area contributed by atoms with Gasteiger partial charge in [-0.1, -0.05) is 20.8 Å². The van der Waals surface area contributed by atoms with Crippen LogP contribution in [0.4, 0.5) is 0 Å². The first kappa shape index (κ1) is 12.0. The van der Waals surface area contributed by atoms with Crippen molar-refractivity contribution in [3.63, 3.8) is 0 Å². The maximum Gasteiger partial charge on any atom is 0.0604 e. The summed E-state index contributed by atoms with van der Waals surface area (Å²) in [5.74, 6) is 0.658. The van der Waals surface area contributed by atoms with Crippen molar-refractivity contribution >= 4 is 0 Å². The molecular weight excluding hydrogens is 212 g/mol. The van der Waals surface area contributed by atoms with Gasteiger partial charge in [-0.15, -0.1) is 0 Å². The normalized spacial score (nSPS) is 56.6.